The number of ether oxygens (including phenoxy) is 1. The highest BCUT2D eigenvalue weighted by atomic mass is 16.5. The molecule has 5 nitrogen and oxygen atoms in total. The number of carbonyl (C=O) groups excluding carboxylic acids is 2. The molecule has 25 heavy (non-hydrogen) atoms. The first-order valence-electron chi connectivity index (χ1n) is 8.61. The summed E-state index contributed by atoms with van der Waals surface area (Å²) in [5, 5.41) is 3.28. The molecule has 1 N–H and O–H groups in total. The smallest absolute Gasteiger partial charge is 0.244 e. The predicted octanol–water partition coefficient (Wildman–Crippen LogP) is 2.42. The minimum absolute atomic E-state index is 0.0775. The molecular weight excluding hydrogens is 316 g/mol. The van der Waals surface area contributed by atoms with Crippen LogP contribution in [0.2, 0.25) is 0 Å². The quantitative estimate of drug-likeness (QED) is 0.931. The van der Waals surface area contributed by atoms with Gasteiger partial charge in [-0.15, -0.1) is 0 Å². The maximum absolute atomic E-state index is 12.6. The maximum atomic E-state index is 12.6. The van der Waals surface area contributed by atoms with Crippen LogP contribution in [-0.2, 0) is 4.79 Å². The van der Waals surface area contributed by atoms with Gasteiger partial charge in [0.25, 0.3) is 0 Å². The number of anilines is 1. The number of nitrogens with one attached hydrogen (secondary N) is 1. The molecule has 2 aliphatic heterocycles. The number of hydrogen-bond acceptors (Lipinski definition) is 4. The molecule has 2 aromatic rings. The Morgan fingerprint density at radius 1 is 1.04 bits per heavy atom. The van der Waals surface area contributed by atoms with Gasteiger partial charge in [-0.1, -0.05) is 30.3 Å². The lowest BCUT2D eigenvalue weighted by molar-refractivity contribution is -0.118. The lowest BCUT2D eigenvalue weighted by Gasteiger charge is -2.26. The number of hydrogen-bond donors (Lipinski definition) is 1. The van der Waals surface area contributed by atoms with E-state index in [4.69, 9.17) is 4.74 Å². The first kappa shape index (κ1) is 15.8. The molecule has 128 valence electrons. The molecule has 0 aliphatic carbocycles. The largest absolute Gasteiger partial charge is 0.488 e. The van der Waals surface area contributed by atoms with Gasteiger partial charge in [0.15, 0.2) is 5.78 Å². The number of nitrogens with zero attached hydrogens (tertiary/aromatic N) is 1. The molecule has 2 aromatic carbocycles. The van der Waals surface area contributed by atoms with Crippen LogP contribution in [0.15, 0.2) is 54.6 Å². The second kappa shape index (κ2) is 6.69. The van der Waals surface area contributed by atoms with Crippen molar-refractivity contribution in [3.05, 3.63) is 60.2 Å². The molecule has 5 heteroatoms. The number of ketones is 1. The maximum Gasteiger partial charge on any atom is 0.244 e. The van der Waals surface area contributed by atoms with Crippen molar-refractivity contribution in [1.82, 2.24) is 5.32 Å². The van der Waals surface area contributed by atoms with Crippen LogP contribution in [0.4, 0.5) is 5.69 Å². The number of Topliss-reactive ketones (excluding diaryl/α,β-unsaturated/α-hetero) is 1. The van der Waals surface area contributed by atoms with Crippen molar-refractivity contribution in [2.45, 2.75) is 25.0 Å². The second-order valence-corrected chi connectivity index (χ2v) is 6.44. The normalized spacial score (nSPS) is 22.6. The standard InChI is InChI=1S/C20H20N2O3/c23-18-12-15(25-19-9-5-4-8-16(18)19)13-21-17-10-11-22(20(17)24)14-6-2-1-3-7-14/h1-9,15,17,21H,10-13H2. The van der Waals surface area contributed by atoms with Gasteiger partial charge in [0.2, 0.25) is 5.91 Å². The Balaban J connectivity index is 1.37. The van der Waals surface area contributed by atoms with E-state index in [1.807, 2.05) is 48.5 Å². The van der Waals surface area contributed by atoms with E-state index in [2.05, 4.69) is 5.32 Å². The van der Waals surface area contributed by atoms with Gasteiger partial charge >= 0.3 is 0 Å². The second-order valence-electron chi connectivity index (χ2n) is 6.44. The highest BCUT2D eigenvalue weighted by Crippen LogP contribution is 2.27. The summed E-state index contributed by atoms with van der Waals surface area (Å²) in [6, 6.07) is 16.8. The molecule has 2 unspecified atom stereocenters. The van der Waals surface area contributed by atoms with Gasteiger partial charge < -0.3 is 15.0 Å². The fraction of sp³-hybridized carbons (Fsp3) is 0.300. The number of para-hydroxylation sites is 2. The Hall–Kier alpha value is -2.66. The summed E-state index contributed by atoms with van der Waals surface area (Å²) in [5.74, 6) is 0.806. The van der Waals surface area contributed by atoms with Gasteiger partial charge in [-0.05, 0) is 30.7 Å². The van der Waals surface area contributed by atoms with Gasteiger partial charge in [0.05, 0.1) is 11.6 Å². The lowest BCUT2D eigenvalue weighted by atomic mass is 10.0. The van der Waals surface area contributed by atoms with Crippen molar-refractivity contribution in [3.63, 3.8) is 0 Å². The van der Waals surface area contributed by atoms with Crippen molar-refractivity contribution >= 4 is 17.4 Å². The van der Waals surface area contributed by atoms with E-state index in [0.717, 1.165) is 12.1 Å². The van der Waals surface area contributed by atoms with E-state index in [0.29, 0.717) is 30.8 Å². The van der Waals surface area contributed by atoms with Crippen molar-refractivity contribution < 1.29 is 14.3 Å². The van der Waals surface area contributed by atoms with E-state index in [1.165, 1.54) is 0 Å². The predicted molar refractivity (Wildman–Crippen MR) is 95.0 cm³/mol. The first-order chi connectivity index (χ1) is 12.2. The monoisotopic (exact) mass is 336 g/mol. The summed E-state index contributed by atoms with van der Waals surface area (Å²) < 4.78 is 5.90. The molecule has 0 spiro atoms. The zero-order valence-corrected chi connectivity index (χ0v) is 13.9. The minimum atomic E-state index is -0.235. The number of rotatable bonds is 4. The number of amides is 1. The fourth-order valence-corrected chi connectivity index (χ4v) is 3.46. The Kier molecular flexibility index (Phi) is 4.24. The third-order valence-electron chi connectivity index (χ3n) is 4.76. The van der Waals surface area contributed by atoms with Gasteiger partial charge in [0, 0.05) is 25.2 Å². The molecule has 0 bridgehead atoms. The topological polar surface area (TPSA) is 58.6 Å². The van der Waals surface area contributed by atoms with Crippen molar-refractivity contribution in [1.29, 1.82) is 0 Å². The zero-order valence-electron chi connectivity index (χ0n) is 13.9. The summed E-state index contributed by atoms with van der Waals surface area (Å²) in [5.41, 5.74) is 1.57. The van der Waals surface area contributed by atoms with Crippen LogP contribution in [0.5, 0.6) is 5.75 Å². The van der Waals surface area contributed by atoms with Crippen molar-refractivity contribution in [2.24, 2.45) is 0 Å². The molecule has 0 radical (unpaired) electrons. The highest BCUT2D eigenvalue weighted by molar-refractivity contribution is 6.00. The van der Waals surface area contributed by atoms with E-state index in [-0.39, 0.29) is 23.8 Å². The van der Waals surface area contributed by atoms with Crippen LogP contribution in [-0.4, -0.2) is 36.9 Å². The van der Waals surface area contributed by atoms with Gasteiger partial charge in [-0.2, -0.15) is 0 Å². The minimum Gasteiger partial charge on any atom is -0.488 e. The third-order valence-corrected chi connectivity index (χ3v) is 4.76. The Morgan fingerprint density at radius 2 is 1.80 bits per heavy atom. The van der Waals surface area contributed by atoms with Crippen LogP contribution in [0.25, 0.3) is 0 Å². The molecule has 1 saturated heterocycles. The van der Waals surface area contributed by atoms with Crippen molar-refractivity contribution in [2.75, 3.05) is 18.0 Å². The van der Waals surface area contributed by atoms with Crippen LogP contribution >= 0.6 is 0 Å². The van der Waals surface area contributed by atoms with E-state index in [9.17, 15) is 9.59 Å². The van der Waals surface area contributed by atoms with E-state index >= 15 is 0 Å². The first-order valence-corrected chi connectivity index (χ1v) is 8.61. The molecule has 1 fully saturated rings. The fourth-order valence-electron chi connectivity index (χ4n) is 3.46. The SMILES string of the molecule is O=C1CC(CNC2CCN(c3ccccc3)C2=O)Oc2ccccc21. The van der Waals surface area contributed by atoms with Crippen LogP contribution in [0, 0.1) is 0 Å². The Labute approximate surface area is 146 Å². The summed E-state index contributed by atoms with van der Waals surface area (Å²) in [6.07, 6.45) is 0.860. The van der Waals surface area contributed by atoms with Gasteiger partial charge in [-0.25, -0.2) is 0 Å². The summed E-state index contributed by atoms with van der Waals surface area (Å²) in [7, 11) is 0. The number of benzene rings is 2. The average molecular weight is 336 g/mol. The molecule has 2 aliphatic rings. The molecule has 0 aromatic heterocycles. The van der Waals surface area contributed by atoms with Crippen LogP contribution in [0.3, 0.4) is 0 Å². The molecule has 4 rings (SSSR count). The molecule has 2 heterocycles. The van der Waals surface area contributed by atoms with E-state index in [1.54, 1.807) is 11.0 Å². The number of fused-ring (bicyclic) bond motifs is 1. The highest BCUT2D eigenvalue weighted by Gasteiger charge is 2.33. The molecular formula is C20H20N2O3. The molecule has 1 amide bonds. The Morgan fingerprint density at radius 3 is 2.64 bits per heavy atom. The Bertz CT molecular complexity index is 791. The lowest BCUT2D eigenvalue weighted by Crippen LogP contribution is -2.44. The zero-order chi connectivity index (χ0) is 17.2. The van der Waals surface area contributed by atoms with Crippen LogP contribution in [0.1, 0.15) is 23.2 Å². The average Bonchev–Trinajstić information content (AvgIpc) is 3.01. The summed E-state index contributed by atoms with van der Waals surface area (Å²) in [6.45, 7) is 1.19. The van der Waals surface area contributed by atoms with Gasteiger partial charge in [0.1, 0.15) is 11.9 Å². The van der Waals surface area contributed by atoms with Crippen LogP contribution < -0.4 is 15.0 Å². The van der Waals surface area contributed by atoms with Crippen molar-refractivity contribution in [3.8, 4) is 5.75 Å². The molecule has 0 saturated carbocycles. The van der Waals surface area contributed by atoms with E-state index < -0.39 is 0 Å². The summed E-state index contributed by atoms with van der Waals surface area (Å²) in [4.78, 5) is 26.6. The number of carbonyl (C=O) groups is 2. The molecule has 2 atom stereocenters. The third kappa shape index (κ3) is 3.15. The van der Waals surface area contributed by atoms with Gasteiger partial charge in [-0.3, -0.25) is 9.59 Å². The summed E-state index contributed by atoms with van der Waals surface area (Å²) >= 11 is 0.